The zero-order chi connectivity index (χ0) is 16.1. The van der Waals surface area contributed by atoms with Gasteiger partial charge < -0.3 is 19.3 Å². The van der Waals surface area contributed by atoms with E-state index in [1.54, 1.807) is 18.2 Å². The van der Waals surface area contributed by atoms with Crippen molar-refractivity contribution in [3.8, 4) is 11.5 Å². The summed E-state index contributed by atoms with van der Waals surface area (Å²) in [4.78, 5) is 11.7. The van der Waals surface area contributed by atoms with E-state index in [1.165, 1.54) is 7.11 Å². The maximum atomic E-state index is 12.0. The fourth-order valence-corrected chi connectivity index (χ4v) is 5.24. The van der Waals surface area contributed by atoms with E-state index in [4.69, 9.17) is 14.2 Å². The quantitative estimate of drug-likeness (QED) is 0.847. The number of carboxylic acid groups (broad SMARTS) is 1. The predicted molar refractivity (Wildman–Crippen MR) is 75.9 cm³/mol. The van der Waals surface area contributed by atoms with Crippen LogP contribution in [0.15, 0.2) is 18.2 Å². The topological polar surface area (TPSA) is 99.1 Å². The summed E-state index contributed by atoms with van der Waals surface area (Å²) in [7, 11) is -2.19. The largest absolute Gasteiger partial charge is 0.481 e. The molecule has 0 spiro atoms. The molecule has 1 aromatic rings. The maximum Gasteiger partial charge on any atom is 0.314 e. The fourth-order valence-electron chi connectivity index (χ4n) is 3.34. The van der Waals surface area contributed by atoms with E-state index in [-0.39, 0.29) is 13.4 Å². The molecule has 0 radical (unpaired) electrons. The van der Waals surface area contributed by atoms with E-state index >= 15 is 0 Å². The standard InChI is InChI=1S/C14H16O7S/c1-19-6-14(13(15)16)11(12(14)22(2,17)18)8-3-4-9-10(5-8)21-7-20-9/h3-5,11-12H,6-7H2,1-2H3,(H,15,16)/t11-,12-,14+/m1/s1. The van der Waals surface area contributed by atoms with Gasteiger partial charge in [0.25, 0.3) is 0 Å². The number of ether oxygens (including phenoxy) is 3. The summed E-state index contributed by atoms with van der Waals surface area (Å²) in [5.74, 6) is -0.789. The smallest absolute Gasteiger partial charge is 0.314 e. The molecule has 1 aliphatic heterocycles. The van der Waals surface area contributed by atoms with Gasteiger partial charge in [0, 0.05) is 19.3 Å². The molecule has 8 heteroatoms. The number of hydrogen-bond acceptors (Lipinski definition) is 6. The van der Waals surface area contributed by atoms with Crippen LogP contribution in [-0.4, -0.2) is 51.5 Å². The molecule has 1 aliphatic carbocycles. The van der Waals surface area contributed by atoms with Crippen LogP contribution >= 0.6 is 0 Å². The van der Waals surface area contributed by atoms with Crippen LogP contribution in [0, 0.1) is 5.41 Å². The van der Waals surface area contributed by atoms with Gasteiger partial charge in [0.2, 0.25) is 6.79 Å². The van der Waals surface area contributed by atoms with Gasteiger partial charge in [-0.05, 0) is 17.7 Å². The number of methoxy groups -OCH3 is 1. The second kappa shape index (κ2) is 4.85. The third kappa shape index (κ3) is 2.05. The molecular formula is C14H16O7S. The van der Waals surface area contributed by atoms with Gasteiger partial charge in [0.05, 0.1) is 11.9 Å². The van der Waals surface area contributed by atoms with Gasteiger partial charge in [-0.3, -0.25) is 4.79 Å². The van der Waals surface area contributed by atoms with Gasteiger partial charge in [-0.25, -0.2) is 8.42 Å². The van der Waals surface area contributed by atoms with Crippen LogP contribution < -0.4 is 9.47 Å². The third-order valence-electron chi connectivity index (χ3n) is 4.25. The van der Waals surface area contributed by atoms with Gasteiger partial charge in [-0.15, -0.1) is 0 Å². The number of hydrogen-bond donors (Lipinski definition) is 1. The molecule has 3 atom stereocenters. The van der Waals surface area contributed by atoms with Crippen molar-refractivity contribution in [2.45, 2.75) is 11.2 Å². The molecule has 0 aromatic heterocycles. The third-order valence-corrected chi connectivity index (χ3v) is 5.87. The zero-order valence-corrected chi connectivity index (χ0v) is 12.9. The summed E-state index contributed by atoms with van der Waals surface area (Å²) in [6.45, 7) is -0.0692. The van der Waals surface area contributed by atoms with Crippen molar-refractivity contribution in [3.05, 3.63) is 23.8 Å². The van der Waals surface area contributed by atoms with E-state index in [1.807, 2.05) is 0 Å². The minimum absolute atomic E-state index is 0.0983. The Kier molecular flexibility index (Phi) is 3.33. The number of benzene rings is 1. The summed E-state index contributed by atoms with van der Waals surface area (Å²) >= 11 is 0. The number of aliphatic carboxylic acids is 1. The molecule has 0 unspecified atom stereocenters. The van der Waals surface area contributed by atoms with Gasteiger partial charge in [-0.1, -0.05) is 6.07 Å². The Morgan fingerprint density at radius 2 is 2.09 bits per heavy atom. The highest BCUT2D eigenvalue weighted by molar-refractivity contribution is 7.91. The summed E-state index contributed by atoms with van der Waals surface area (Å²) in [5.41, 5.74) is -0.866. The summed E-state index contributed by atoms with van der Waals surface area (Å²) < 4.78 is 39.6. The van der Waals surface area contributed by atoms with Crippen molar-refractivity contribution in [1.29, 1.82) is 0 Å². The molecule has 0 amide bonds. The lowest BCUT2D eigenvalue weighted by Crippen LogP contribution is -2.28. The molecule has 1 heterocycles. The molecule has 0 saturated heterocycles. The van der Waals surface area contributed by atoms with E-state index in [0.717, 1.165) is 6.26 Å². The van der Waals surface area contributed by atoms with E-state index in [9.17, 15) is 18.3 Å². The Morgan fingerprint density at radius 1 is 1.41 bits per heavy atom. The molecular weight excluding hydrogens is 312 g/mol. The Hall–Kier alpha value is -1.80. The monoisotopic (exact) mass is 328 g/mol. The van der Waals surface area contributed by atoms with Gasteiger partial charge >= 0.3 is 5.97 Å². The molecule has 1 N–H and O–H groups in total. The lowest BCUT2D eigenvalue weighted by molar-refractivity contribution is -0.145. The van der Waals surface area contributed by atoms with E-state index in [2.05, 4.69) is 0 Å². The molecule has 22 heavy (non-hydrogen) atoms. The molecule has 1 aromatic carbocycles. The molecule has 1 fully saturated rings. The van der Waals surface area contributed by atoms with Crippen LogP contribution in [0.1, 0.15) is 11.5 Å². The van der Waals surface area contributed by atoms with Crippen LogP contribution in [0.2, 0.25) is 0 Å². The summed E-state index contributed by atoms with van der Waals surface area (Å²) in [6.07, 6.45) is 1.05. The van der Waals surface area contributed by atoms with Gasteiger partial charge in [-0.2, -0.15) is 0 Å². The van der Waals surface area contributed by atoms with E-state index < -0.39 is 32.4 Å². The van der Waals surface area contributed by atoms with Gasteiger partial charge in [0.15, 0.2) is 21.3 Å². The Balaban J connectivity index is 2.06. The second-order valence-electron chi connectivity index (χ2n) is 5.62. The van der Waals surface area contributed by atoms with Crippen molar-refractivity contribution in [3.63, 3.8) is 0 Å². The highest BCUT2D eigenvalue weighted by Gasteiger charge is 2.75. The van der Waals surface area contributed by atoms with Crippen LogP contribution in [0.4, 0.5) is 0 Å². The van der Waals surface area contributed by atoms with Crippen LogP contribution in [0.5, 0.6) is 11.5 Å². The minimum Gasteiger partial charge on any atom is -0.481 e. The average molecular weight is 328 g/mol. The lowest BCUT2D eigenvalue weighted by Gasteiger charge is -2.11. The Morgan fingerprint density at radius 3 is 2.68 bits per heavy atom. The lowest BCUT2D eigenvalue weighted by atomic mass is 9.99. The first kappa shape index (κ1) is 15.1. The first-order chi connectivity index (χ1) is 10.3. The highest BCUT2D eigenvalue weighted by Crippen LogP contribution is 2.63. The number of carboxylic acids is 1. The normalized spacial score (nSPS) is 29.4. The fraction of sp³-hybridized carbons (Fsp3) is 0.500. The zero-order valence-electron chi connectivity index (χ0n) is 12.1. The van der Waals surface area contributed by atoms with Crippen LogP contribution in [-0.2, 0) is 19.4 Å². The Bertz CT molecular complexity index is 727. The first-order valence-electron chi connectivity index (χ1n) is 6.63. The molecule has 120 valence electrons. The first-order valence-corrected chi connectivity index (χ1v) is 8.58. The molecule has 1 saturated carbocycles. The highest BCUT2D eigenvalue weighted by atomic mass is 32.2. The molecule has 3 rings (SSSR count). The van der Waals surface area contributed by atoms with Gasteiger partial charge in [0.1, 0.15) is 5.41 Å². The van der Waals surface area contributed by atoms with Crippen LogP contribution in [0.3, 0.4) is 0 Å². The summed E-state index contributed by atoms with van der Waals surface area (Å²) in [5, 5.41) is 8.58. The van der Waals surface area contributed by atoms with Crippen molar-refractivity contribution >= 4 is 15.8 Å². The maximum absolute atomic E-state index is 12.0. The number of rotatable bonds is 5. The molecule has 2 aliphatic rings. The summed E-state index contributed by atoms with van der Waals surface area (Å²) in [6, 6.07) is 4.98. The number of sulfone groups is 1. The van der Waals surface area contributed by atoms with Crippen molar-refractivity contribution in [1.82, 2.24) is 0 Å². The van der Waals surface area contributed by atoms with E-state index in [0.29, 0.717) is 17.1 Å². The average Bonchev–Trinajstić information content (AvgIpc) is 2.91. The number of fused-ring (bicyclic) bond motifs is 1. The number of carbonyl (C=O) groups is 1. The van der Waals surface area contributed by atoms with Crippen molar-refractivity contribution in [2.24, 2.45) is 5.41 Å². The minimum atomic E-state index is -3.55. The van der Waals surface area contributed by atoms with Crippen molar-refractivity contribution < 1.29 is 32.5 Å². The van der Waals surface area contributed by atoms with Crippen molar-refractivity contribution in [2.75, 3.05) is 26.8 Å². The Labute approximate surface area is 127 Å². The second-order valence-corrected chi connectivity index (χ2v) is 7.79. The SMILES string of the molecule is COC[C@]1(C(=O)O)[C@H](c2ccc3c(c2)OCO3)[C@H]1S(C)(=O)=O. The predicted octanol–water partition coefficient (Wildman–Crippen LogP) is 0.643. The molecule has 7 nitrogen and oxygen atoms in total. The van der Waals surface area contributed by atoms with Crippen LogP contribution in [0.25, 0.3) is 0 Å². The molecule has 0 bridgehead atoms.